The van der Waals surface area contributed by atoms with E-state index in [2.05, 4.69) is 52.0 Å². The summed E-state index contributed by atoms with van der Waals surface area (Å²) in [7, 11) is 0. The van der Waals surface area contributed by atoms with Crippen LogP contribution in [0, 0.1) is 0 Å². The van der Waals surface area contributed by atoms with E-state index >= 15 is 0 Å². The second-order valence-corrected chi connectivity index (χ2v) is 12.9. The SMILES string of the molecule is CC(OCCCCCCOC(C)Oc1ccc(C(C)(C)c2ccc(O)cc2)cc1)Oc1ccc(C(C)(C)c2ccc(O)cc2)cc1. The zero-order valence-corrected chi connectivity index (χ0v) is 28.2. The summed E-state index contributed by atoms with van der Waals surface area (Å²) < 4.78 is 23.7. The molecule has 46 heavy (non-hydrogen) atoms. The van der Waals surface area contributed by atoms with Crippen LogP contribution in [0.3, 0.4) is 0 Å². The molecule has 0 saturated carbocycles. The lowest BCUT2D eigenvalue weighted by atomic mass is 9.78. The van der Waals surface area contributed by atoms with Gasteiger partial charge in [0.05, 0.1) is 13.2 Å². The highest BCUT2D eigenvalue weighted by atomic mass is 16.7. The Bertz CT molecular complexity index is 1340. The van der Waals surface area contributed by atoms with Crippen molar-refractivity contribution in [1.82, 2.24) is 0 Å². The molecule has 0 aromatic heterocycles. The Labute approximate surface area is 274 Å². The number of hydrogen-bond acceptors (Lipinski definition) is 6. The van der Waals surface area contributed by atoms with E-state index in [1.54, 1.807) is 24.3 Å². The third kappa shape index (κ3) is 9.75. The van der Waals surface area contributed by atoms with Gasteiger partial charge in [0.1, 0.15) is 23.0 Å². The van der Waals surface area contributed by atoms with Crippen LogP contribution in [-0.2, 0) is 20.3 Å². The standard InChI is InChI=1S/C40H50O6/c1-29(45-37-23-15-33(16-24-37)39(3,4)31-11-19-35(41)20-12-31)43-27-9-7-8-10-28-44-30(2)46-38-25-17-34(18-26-38)40(5,6)32-13-21-36(42)22-14-32/h11-26,29-30,41-42H,7-10,27-28H2,1-6H3. The van der Waals surface area contributed by atoms with Crippen molar-refractivity contribution < 1.29 is 29.2 Å². The summed E-state index contributed by atoms with van der Waals surface area (Å²) in [5.41, 5.74) is 4.24. The van der Waals surface area contributed by atoms with E-state index in [9.17, 15) is 10.2 Å². The topological polar surface area (TPSA) is 77.4 Å². The Hall–Kier alpha value is -4.00. The second kappa shape index (κ2) is 16.0. The number of rotatable bonds is 17. The molecule has 0 bridgehead atoms. The van der Waals surface area contributed by atoms with Gasteiger partial charge in [-0.3, -0.25) is 0 Å². The Balaban J connectivity index is 1.07. The van der Waals surface area contributed by atoms with Crippen molar-refractivity contribution in [3.63, 3.8) is 0 Å². The van der Waals surface area contributed by atoms with Crippen LogP contribution in [0.1, 0.15) is 89.5 Å². The lowest BCUT2D eigenvalue weighted by Gasteiger charge is -2.26. The minimum atomic E-state index is -0.328. The van der Waals surface area contributed by atoms with Crippen molar-refractivity contribution in [3.8, 4) is 23.0 Å². The molecular weight excluding hydrogens is 576 g/mol. The number of aromatic hydroxyl groups is 2. The van der Waals surface area contributed by atoms with Crippen LogP contribution in [0.4, 0.5) is 0 Å². The number of ether oxygens (including phenoxy) is 4. The molecule has 2 atom stereocenters. The van der Waals surface area contributed by atoms with Crippen LogP contribution in [-0.4, -0.2) is 36.0 Å². The quantitative estimate of drug-likeness (QED) is 0.0898. The summed E-state index contributed by atoms with van der Waals surface area (Å²) >= 11 is 0. The third-order valence-corrected chi connectivity index (χ3v) is 8.68. The lowest BCUT2D eigenvalue weighted by Crippen LogP contribution is -2.19. The molecule has 0 saturated heterocycles. The molecule has 2 unspecified atom stereocenters. The van der Waals surface area contributed by atoms with E-state index in [0.717, 1.165) is 48.3 Å². The highest BCUT2D eigenvalue weighted by Gasteiger charge is 2.24. The number of hydrogen-bond donors (Lipinski definition) is 2. The van der Waals surface area contributed by atoms with Crippen molar-refractivity contribution in [3.05, 3.63) is 119 Å². The second-order valence-electron chi connectivity index (χ2n) is 12.9. The molecule has 0 fully saturated rings. The van der Waals surface area contributed by atoms with Gasteiger partial charge in [-0.25, -0.2) is 0 Å². The molecule has 0 heterocycles. The molecule has 0 radical (unpaired) electrons. The summed E-state index contributed by atoms with van der Waals surface area (Å²) in [4.78, 5) is 0. The van der Waals surface area contributed by atoms with Gasteiger partial charge in [-0.2, -0.15) is 0 Å². The van der Waals surface area contributed by atoms with Crippen LogP contribution in [0.2, 0.25) is 0 Å². The number of phenols is 2. The van der Waals surface area contributed by atoms with Gasteiger partial charge in [-0.15, -0.1) is 0 Å². The number of phenolic OH excluding ortho intramolecular Hbond substituents is 2. The third-order valence-electron chi connectivity index (χ3n) is 8.68. The van der Waals surface area contributed by atoms with Crippen LogP contribution in [0.15, 0.2) is 97.1 Å². The van der Waals surface area contributed by atoms with Gasteiger partial charge < -0.3 is 29.2 Å². The molecule has 4 aromatic carbocycles. The molecule has 6 heteroatoms. The van der Waals surface area contributed by atoms with Crippen LogP contribution in [0.25, 0.3) is 0 Å². The van der Waals surface area contributed by atoms with Crippen molar-refractivity contribution in [1.29, 1.82) is 0 Å². The van der Waals surface area contributed by atoms with Gasteiger partial charge >= 0.3 is 0 Å². The highest BCUT2D eigenvalue weighted by Crippen LogP contribution is 2.34. The fourth-order valence-corrected chi connectivity index (χ4v) is 5.50. The van der Waals surface area contributed by atoms with E-state index in [4.69, 9.17) is 18.9 Å². The smallest absolute Gasteiger partial charge is 0.196 e. The average Bonchev–Trinajstić information content (AvgIpc) is 3.03. The Kier molecular flexibility index (Phi) is 12.1. The van der Waals surface area contributed by atoms with Crippen LogP contribution < -0.4 is 9.47 Å². The van der Waals surface area contributed by atoms with E-state index in [1.165, 1.54) is 11.1 Å². The number of unbranched alkanes of at least 4 members (excludes halogenated alkanes) is 3. The summed E-state index contributed by atoms with van der Waals surface area (Å²) in [5.74, 6) is 2.10. The molecule has 246 valence electrons. The van der Waals surface area contributed by atoms with E-state index in [0.29, 0.717) is 13.2 Å². The molecular formula is C40H50O6. The lowest BCUT2D eigenvalue weighted by molar-refractivity contribution is -0.0709. The largest absolute Gasteiger partial charge is 0.508 e. The first-order chi connectivity index (χ1) is 21.9. The summed E-state index contributed by atoms with van der Waals surface area (Å²) in [6.45, 7) is 13.8. The van der Waals surface area contributed by atoms with Gasteiger partial charge in [-0.05, 0) is 97.5 Å². The van der Waals surface area contributed by atoms with Crippen LogP contribution >= 0.6 is 0 Å². The molecule has 0 amide bonds. The molecule has 0 aliphatic carbocycles. The minimum absolute atomic E-state index is 0.189. The van der Waals surface area contributed by atoms with Crippen molar-refractivity contribution in [2.75, 3.05) is 13.2 Å². The first kappa shape index (κ1) is 34.9. The van der Waals surface area contributed by atoms with Crippen molar-refractivity contribution in [2.24, 2.45) is 0 Å². The van der Waals surface area contributed by atoms with E-state index in [-0.39, 0.29) is 34.9 Å². The molecule has 4 aromatic rings. The van der Waals surface area contributed by atoms with Gasteiger partial charge in [0.25, 0.3) is 0 Å². The normalized spacial score (nSPS) is 13.3. The van der Waals surface area contributed by atoms with Gasteiger partial charge in [0, 0.05) is 10.8 Å². The van der Waals surface area contributed by atoms with Gasteiger partial charge in [0.2, 0.25) is 0 Å². The summed E-state index contributed by atoms with van der Waals surface area (Å²) in [6, 6.07) is 31.0. The Morgan fingerprint density at radius 2 is 0.739 bits per heavy atom. The summed E-state index contributed by atoms with van der Waals surface area (Å²) in [5, 5.41) is 19.2. The van der Waals surface area contributed by atoms with E-state index in [1.807, 2.05) is 62.4 Å². The van der Waals surface area contributed by atoms with Gasteiger partial charge in [0.15, 0.2) is 12.6 Å². The summed E-state index contributed by atoms with van der Waals surface area (Å²) in [6.07, 6.45) is 3.39. The molecule has 2 N–H and O–H groups in total. The first-order valence-corrected chi connectivity index (χ1v) is 16.3. The van der Waals surface area contributed by atoms with Crippen molar-refractivity contribution >= 4 is 0 Å². The maximum atomic E-state index is 9.61. The molecule has 0 aliphatic heterocycles. The predicted octanol–water partition coefficient (Wildman–Crippen LogP) is 9.49. The molecule has 0 spiro atoms. The zero-order valence-electron chi connectivity index (χ0n) is 28.2. The maximum absolute atomic E-state index is 9.61. The average molecular weight is 627 g/mol. The molecule has 0 aliphatic rings. The minimum Gasteiger partial charge on any atom is -0.508 e. The van der Waals surface area contributed by atoms with Gasteiger partial charge in [-0.1, -0.05) is 89.1 Å². The van der Waals surface area contributed by atoms with Crippen LogP contribution in [0.5, 0.6) is 23.0 Å². The maximum Gasteiger partial charge on any atom is 0.196 e. The first-order valence-electron chi connectivity index (χ1n) is 16.3. The van der Waals surface area contributed by atoms with E-state index < -0.39 is 0 Å². The van der Waals surface area contributed by atoms with Crippen molar-refractivity contribution in [2.45, 2.75) is 90.6 Å². The Morgan fingerprint density at radius 3 is 1.04 bits per heavy atom. The molecule has 4 rings (SSSR count). The highest BCUT2D eigenvalue weighted by molar-refractivity contribution is 5.43. The Morgan fingerprint density at radius 1 is 0.457 bits per heavy atom. The predicted molar refractivity (Wildman–Crippen MR) is 184 cm³/mol. The monoisotopic (exact) mass is 626 g/mol. The molecule has 6 nitrogen and oxygen atoms in total. The fraction of sp³-hybridized carbons (Fsp3) is 0.400. The zero-order chi connectivity index (χ0) is 33.2. The fourth-order valence-electron chi connectivity index (χ4n) is 5.50. The number of benzene rings is 4.